The van der Waals surface area contributed by atoms with Gasteiger partial charge < -0.3 is 10.2 Å². The first kappa shape index (κ1) is 20.5. The average molecular weight is 415 g/mol. The molecule has 3 aliphatic rings. The van der Waals surface area contributed by atoms with Crippen LogP contribution >= 0.6 is 0 Å². The third kappa shape index (κ3) is 3.95. The zero-order chi connectivity index (χ0) is 21.4. The van der Waals surface area contributed by atoms with E-state index in [4.69, 9.17) is 0 Å². The highest BCUT2D eigenvalue weighted by molar-refractivity contribution is 6.02. The first-order valence-electron chi connectivity index (χ1n) is 10.5. The van der Waals surface area contributed by atoms with Crippen molar-refractivity contribution in [3.8, 4) is 0 Å². The lowest BCUT2D eigenvalue weighted by molar-refractivity contribution is -0.142. The zero-order valence-corrected chi connectivity index (χ0v) is 17.0. The summed E-state index contributed by atoms with van der Waals surface area (Å²) in [4.78, 5) is 51.7. The van der Waals surface area contributed by atoms with Gasteiger partial charge in [0.15, 0.2) is 0 Å². The lowest BCUT2D eigenvalue weighted by atomic mass is 9.89. The molecule has 1 aromatic carbocycles. The van der Waals surface area contributed by atoms with E-state index in [1.807, 2.05) is 0 Å². The Morgan fingerprint density at radius 1 is 1.03 bits per heavy atom. The molecule has 4 amide bonds. The van der Waals surface area contributed by atoms with E-state index in [0.29, 0.717) is 38.5 Å². The van der Waals surface area contributed by atoms with Crippen molar-refractivity contribution in [3.05, 3.63) is 29.6 Å². The van der Waals surface area contributed by atoms with Gasteiger partial charge in [-0.05, 0) is 50.3 Å². The fourth-order valence-corrected chi connectivity index (χ4v) is 4.75. The van der Waals surface area contributed by atoms with Gasteiger partial charge in [-0.15, -0.1) is 0 Å². The Morgan fingerprint density at radius 2 is 1.70 bits per heavy atom. The fourth-order valence-electron chi connectivity index (χ4n) is 4.75. The van der Waals surface area contributed by atoms with Gasteiger partial charge in [0.25, 0.3) is 0 Å². The number of aryl methyl sites for hydroxylation is 1. The normalized spacial score (nSPS) is 27.1. The molecular formula is C22H26FN3O4. The number of carbonyl (C=O) groups excluding carboxylic acids is 4. The van der Waals surface area contributed by atoms with E-state index in [-0.39, 0.29) is 54.4 Å². The van der Waals surface area contributed by atoms with E-state index in [1.165, 1.54) is 15.9 Å². The van der Waals surface area contributed by atoms with Gasteiger partial charge in [-0.2, -0.15) is 0 Å². The lowest BCUT2D eigenvalue weighted by Gasteiger charge is -2.34. The second kappa shape index (κ2) is 8.16. The first-order valence-corrected chi connectivity index (χ1v) is 10.5. The number of nitrogens with zero attached hydrogens (tertiary/aromatic N) is 2. The van der Waals surface area contributed by atoms with Crippen LogP contribution in [0.25, 0.3) is 0 Å². The monoisotopic (exact) mass is 415 g/mol. The number of hydrogen-bond donors (Lipinski definition) is 1. The zero-order valence-electron chi connectivity index (χ0n) is 17.0. The maximum absolute atomic E-state index is 14.3. The van der Waals surface area contributed by atoms with Crippen molar-refractivity contribution in [1.29, 1.82) is 0 Å². The van der Waals surface area contributed by atoms with Crippen LogP contribution in [-0.4, -0.2) is 47.2 Å². The summed E-state index contributed by atoms with van der Waals surface area (Å²) in [7, 11) is 0. The van der Waals surface area contributed by atoms with E-state index in [2.05, 4.69) is 5.32 Å². The van der Waals surface area contributed by atoms with Gasteiger partial charge in [0.05, 0.1) is 11.6 Å². The SMILES string of the molecule is Cc1ccc(N2CC(C(=O)NC3CCC(N4C(=O)CCC4=O)CC3)CC2=O)c(F)c1. The molecule has 0 radical (unpaired) electrons. The number of hydrogen-bond acceptors (Lipinski definition) is 4. The summed E-state index contributed by atoms with van der Waals surface area (Å²) < 4.78 is 14.3. The van der Waals surface area contributed by atoms with Crippen LogP contribution in [0.2, 0.25) is 0 Å². The summed E-state index contributed by atoms with van der Waals surface area (Å²) in [6.45, 7) is 1.94. The summed E-state index contributed by atoms with van der Waals surface area (Å²) in [5, 5.41) is 3.01. The summed E-state index contributed by atoms with van der Waals surface area (Å²) in [6, 6.07) is 4.58. The van der Waals surface area contributed by atoms with Crippen molar-refractivity contribution >= 4 is 29.3 Å². The minimum absolute atomic E-state index is 0.0400. The van der Waals surface area contributed by atoms with Crippen LogP contribution in [0.3, 0.4) is 0 Å². The Labute approximate surface area is 174 Å². The van der Waals surface area contributed by atoms with Crippen LogP contribution < -0.4 is 10.2 Å². The predicted octanol–water partition coefficient (Wildman–Crippen LogP) is 2.06. The number of amides is 4. The topological polar surface area (TPSA) is 86.8 Å². The second-order valence-corrected chi connectivity index (χ2v) is 8.53. The van der Waals surface area contributed by atoms with Crippen LogP contribution in [-0.2, 0) is 19.2 Å². The van der Waals surface area contributed by atoms with E-state index in [0.717, 1.165) is 5.56 Å². The number of likely N-dealkylation sites (tertiary alicyclic amines) is 1. The van der Waals surface area contributed by atoms with Crippen LogP contribution in [0.1, 0.15) is 50.5 Å². The van der Waals surface area contributed by atoms with Crippen LogP contribution in [0, 0.1) is 18.7 Å². The van der Waals surface area contributed by atoms with Gasteiger partial charge in [-0.1, -0.05) is 6.07 Å². The average Bonchev–Trinajstić information content (AvgIpc) is 3.25. The molecule has 1 N–H and O–H groups in total. The van der Waals surface area contributed by atoms with Gasteiger partial charge in [-0.3, -0.25) is 24.1 Å². The third-order valence-corrected chi connectivity index (χ3v) is 6.39. The molecular weight excluding hydrogens is 389 g/mol. The minimum Gasteiger partial charge on any atom is -0.353 e. The van der Waals surface area contributed by atoms with Gasteiger partial charge in [0.1, 0.15) is 5.82 Å². The smallest absolute Gasteiger partial charge is 0.229 e. The number of halogens is 1. The molecule has 160 valence electrons. The highest BCUT2D eigenvalue weighted by Gasteiger charge is 2.39. The maximum Gasteiger partial charge on any atom is 0.229 e. The highest BCUT2D eigenvalue weighted by atomic mass is 19.1. The van der Waals surface area contributed by atoms with Gasteiger partial charge >= 0.3 is 0 Å². The minimum atomic E-state index is -0.516. The standard InChI is InChI=1S/C22H26FN3O4/c1-13-2-7-18(17(23)10-13)25-12-14(11-21(25)29)22(30)24-15-3-5-16(6-4-15)26-19(27)8-9-20(26)28/h2,7,10,14-16H,3-6,8-9,11-12H2,1H3,(H,24,30). The summed E-state index contributed by atoms with van der Waals surface area (Å²) in [6.07, 6.45) is 3.37. The van der Waals surface area contributed by atoms with E-state index in [1.54, 1.807) is 19.1 Å². The number of carbonyl (C=O) groups is 4. The summed E-state index contributed by atoms with van der Waals surface area (Å²) in [5.74, 6) is -1.63. The number of benzene rings is 1. The third-order valence-electron chi connectivity index (χ3n) is 6.39. The number of anilines is 1. The molecule has 4 rings (SSSR count). The largest absolute Gasteiger partial charge is 0.353 e. The van der Waals surface area contributed by atoms with Crippen molar-refractivity contribution in [2.75, 3.05) is 11.4 Å². The summed E-state index contributed by atoms with van der Waals surface area (Å²) >= 11 is 0. The molecule has 3 fully saturated rings. The molecule has 1 aromatic rings. The number of imide groups is 1. The summed E-state index contributed by atoms with van der Waals surface area (Å²) in [5.41, 5.74) is 0.978. The fraction of sp³-hybridized carbons (Fsp3) is 0.545. The Kier molecular flexibility index (Phi) is 5.58. The number of nitrogens with one attached hydrogen (secondary N) is 1. The van der Waals surface area contributed by atoms with Crippen molar-refractivity contribution in [3.63, 3.8) is 0 Å². The molecule has 1 atom stereocenters. The predicted molar refractivity (Wildman–Crippen MR) is 107 cm³/mol. The van der Waals surface area contributed by atoms with E-state index < -0.39 is 11.7 Å². The second-order valence-electron chi connectivity index (χ2n) is 8.53. The van der Waals surface area contributed by atoms with Crippen molar-refractivity contribution < 1.29 is 23.6 Å². The molecule has 1 unspecified atom stereocenters. The van der Waals surface area contributed by atoms with Crippen molar-refractivity contribution in [2.45, 2.75) is 64.0 Å². The van der Waals surface area contributed by atoms with Gasteiger partial charge in [0.2, 0.25) is 23.6 Å². The molecule has 0 spiro atoms. The molecule has 30 heavy (non-hydrogen) atoms. The molecule has 7 nitrogen and oxygen atoms in total. The Bertz CT molecular complexity index is 878. The molecule has 2 saturated heterocycles. The quantitative estimate of drug-likeness (QED) is 0.763. The molecule has 1 saturated carbocycles. The Balaban J connectivity index is 1.31. The van der Waals surface area contributed by atoms with Gasteiger partial charge in [-0.25, -0.2) is 4.39 Å². The molecule has 2 heterocycles. The van der Waals surface area contributed by atoms with Crippen molar-refractivity contribution in [1.82, 2.24) is 10.2 Å². The molecule has 0 bridgehead atoms. The van der Waals surface area contributed by atoms with Crippen LogP contribution in [0.4, 0.5) is 10.1 Å². The van der Waals surface area contributed by atoms with Crippen LogP contribution in [0.5, 0.6) is 0 Å². The first-order chi connectivity index (χ1) is 14.3. The maximum atomic E-state index is 14.3. The molecule has 8 heteroatoms. The molecule has 1 aliphatic carbocycles. The molecule has 0 aromatic heterocycles. The van der Waals surface area contributed by atoms with E-state index >= 15 is 0 Å². The van der Waals surface area contributed by atoms with Gasteiger partial charge in [0, 0.05) is 37.9 Å². The highest BCUT2D eigenvalue weighted by Crippen LogP contribution is 2.30. The van der Waals surface area contributed by atoms with Crippen LogP contribution in [0.15, 0.2) is 18.2 Å². The Morgan fingerprint density at radius 3 is 2.33 bits per heavy atom. The number of rotatable bonds is 4. The Hall–Kier alpha value is -2.77. The lowest BCUT2D eigenvalue weighted by Crippen LogP contribution is -2.47. The van der Waals surface area contributed by atoms with E-state index in [9.17, 15) is 23.6 Å². The van der Waals surface area contributed by atoms with Crippen molar-refractivity contribution in [2.24, 2.45) is 5.92 Å². The molecule has 2 aliphatic heterocycles.